The lowest BCUT2D eigenvalue weighted by molar-refractivity contribution is 0.226. The average molecular weight is 274 g/mol. The fourth-order valence-corrected chi connectivity index (χ4v) is 2.90. The summed E-state index contributed by atoms with van der Waals surface area (Å²) >= 11 is 0. The fraction of sp³-hybridized carbons (Fsp3) is 0.667. The zero-order valence-electron chi connectivity index (χ0n) is 13.7. The smallest absolute Gasteiger partial charge is 0.0294 e. The zero-order chi connectivity index (χ0) is 14.8. The summed E-state index contributed by atoms with van der Waals surface area (Å²) in [6.45, 7) is 11.5. The fourth-order valence-electron chi connectivity index (χ4n) is 2.90. The molecule has 1 N–H and O–H groups in total. The van der Waals surface area contributed by atoms with Crippen LogP contribution >= 0.6 is 0 Å². The summed E-state index contributed by atoms with van der Waals surface area (Å²) in [4.78, 5) is 2.42. The standard InChI is InChI=1S/C18H30N2/c1-14(19-17-10-12-20(5)13-11-17)15-6-8-16(9-7-15)18(2,3)4/h6-9,14,17,19H,10-13H2,1-5H3. The van der Waals surface area contributed by atoms with E-state index < -0.39 is 0 Å². The monoisotopic (exact) mass is 274 g/mol. The SMILES string of the molecule is CC(NC1CCN(C)CC1)c1ccc(C(C)(C)C)cc1. The summed E-state index contributed by atoms with van der Waals surface area (Å²) in [5.74, 6) is 0. The highest BCUT2D eigenvalue weighted by molar-refractivity contribution is 5.29. The molecule has 1 aliphatic rings. The molecule has 0 aromatic heterocycles. The second-order valence-corrected chi connectivity index (χ2v) is 7.34. The molecule has 1 aromatic carbocycles. The van der Waals surface area contributed by atoms with E-state index in [1.165, 1.54) is 37.1 Å². The predicted octanol–water partition coefficient (Wildman–Crippen LogP) is 3.73. The predicted molar refractivity (Wildman–Crippen MR) is 87.2 cm³/mol. The molecule has 0 aliphatic carbocycles. The van der Waals surface area contributed by atoms with Crippen molar-refractivity contribution in [2.45, 2.75) is 58.0 Å². The molecule has 0 amide bonds. The van der Waals surface area contributed by atoms with Crippen molar-refractivity contribution in [2.75, 3.05) is 20.1 Å². The van der Waals surface area contributed by atoms with Gasteiger partial charge in [-0.3, -0.25) is 0 Å². The molecule has 0 spiro atoms. The Morgan fingerprint density at radius 3 is 2.15 bits per heavy atom. The zero-order valence-corrected chi connectivity index (χ0v) is 13.7. The van der Waals surface area contributed by atoms with Gasteiger partial charge in [-0.25, -0.2) is 0 Å². The van der Waals surface area contributed by atoms with Crippen molar-refractivity contribution in [3.05, 3.63) is 35.4 Å². The largest absolute Gasteiger partial charge is 0.307 e. The van der Waals surface area contributed by atoms with Crippen LogP contribution in [0.2, 0.25) is 0 Å². The quantitative estimate of drug-likeness (QED) is 0.903. The van der Waals surface area contributed by atoms with Gasteiger partial charge in [0.05, 0.1) is 0 Å². The number of likely N-dealkylation sites (tertiary alicyclic amines) is 1. The Bertz CT molecular complexity index is 408. The first kappa shape index (κ1) is 15.5. The number of piperidine rings is 1. The minimum absolute atomic E-state index is 0.239. The van der Waals surface area contributed by atoms with Crippen LogP contribution in [0.4, 0.5) is 0 Å². The summed E-state index contributed by atoms with van der Waals surface area (Å²) in [6, 6.07) is 10.2. The van der Waals surface area contributed by atoms with E-state index in [1.807, 2.05) is 0 Å². The van der Waals surface area contributed by atoms with Crippen molar-refractivity contribution < 1.29 is 0 Å². The third-order valence-electron chi connectivity index (χ3n) is 4.48. The van der Waals surface area contributed by atoms with Crippen molar-refractivity contribution in [1.29, 1.82) is 0 Å². The molecule has 0 saturated carbocycles. The maximum atomic E-state index is 3.79. The lowest BCUT2D eigenvalue weighted by atomic mass is 9.86. The molecule has 1 fully saturated rings. The Balaban J connectivity index is 1.94. The highest BCUT2D eigenvalue weighted by Gasteiger charge is 2.19. The third kappa shape index (κ3) is 4.07. The topological polar surface area (TPSA) is 15.3 Å². The molecule has 2 rings (SSSR count). The van der Waals surface area contributed by atoms with Crippen LogP contribution in [0.15, 0.2) is 24.3 Å². The van der Waals surface area contributed by atoms with E-state index in [4.69, 9.17) is 0 Å². The van der Waals surface area contributed by atoms with Crippen LogP contribution in [-0.2, 0) is 5.41 Å². The molecule has 20 heavy (non-hydrogen) atoms. The van der Waals surface area contributed by atoms with Crippen molar-refractivity contribution in [3.63, 3.8) is 0 Å². The number of hydrogen-bond donors (Lipinski definition) is 1. The van der Waals surface area contributed by atoms with Gasteiger partial charge in [0, 0.05) is 12.1 Å². The Labute approximate surface area is 124 Å². The Kier molecular flexibility index (Phi) is 4.87. The van der Waals surface area contributed by atoms with E-state index in [0.29, 0.717) is 12.1 Å². The molecule has 0 radical (unpaired) electrons. The molecular formula is C18H30N2. The van der Waals surface area contributed by atoms with E-state index in [9.17, 15) is 0 Å². The summed E-state index contributed by atoms with van der Waals surface area (Å²) in [5.41, 5.74) is 3.05. The highest BCUT2D eigenvalue weighted by atomic mass is 15.1. The van der Waals surface area contributed by atoms with E-state index in [-0.39, 0.29) is 5.41 Å². The average Bonchev–Trinajstić information content (AvgIpc) is 2.40. The molecule has 2 nitrogen and oxygen atoms in total. The van der Waals surface area contributed by atoms with Crippen LogP contribution < -0.4 is 5.32 Å². The van der Waals surface area contributed by atoms with Crippen molar-refractivity contribution >= 4 is 0 Å². The molecule has 1 aliphatic heterocycles. The Hall–Kier alpha value is -0.860. The first-order chi connectivity index (χ1) is 9.36. The molecular weight excluding hydrogens is 244 g/mol. The van der Waals surface area contributed by atoms with E-state index in [1.54, 1.807) is 0 Å². The number of rotatable bonds is 3. The first-order valence-electron chi connectivity index (χ1n) is 7.91. The van der Waals surface area contributed by atoms with Gasteiger partial charge in [0.15, 0.2) is 0 Å². The lowest BCUT2D eigenvalue weighted by Crippen LogP contribution is -2.41. The number of nitrogens with one attached hydrogen (secondary N) is 1. The minimum atomic E-state index is 0.239. The summed E-state index contributed by atoms with van der Waals surface area (Å²) in [7, 11) is 2.21. The molecule has 1 heterocycles. The summed E-state index contributed by atoms with van der Waals surface area (Å²) in [5, 5.41) is 3.79. The molecule has 1 unspecified atom stereocenters. The molecule has 1 saturated heterocycles. The third-order valence-corrected chi connectivity index (χ3v) is 4.48. The van der Waals surface area contributed by atoms with Crippen LogP contribution in [0, 0.1) is 0 Å². The second kappa shape index (κ2) is 6.28. The molecule has 112 valence electrons. The van der Waals surface area contributed by atoms with Crippen molar-refractivity contribution in [1.82, 2.24) is 10.2 Å². The van der Waals surface area contributed by atoms with Gasteiger partial charge < -0.3 is 10.2 Å². The van der Waals surface area contributed by atoms with Gasteiger partial charge in [0.1, 0.15) is 0 Å². The van der Waals surface area contributed by atoms with E-state index >= 15 is 0 Å². The first-order valence-corrected chi connectivity index (χ1v) is 7.91. The van der Waals surface area contributed by atoms with Crippen LogP contribution in [0.5, 0.6) is 0 Å². The maximum Gasteiger partial charge on any atom is 0.0294 e. The van der Waals surface area contributed by atoms with Crippen molar-refractivity contribution in [3.8, 4) is 0 Å². The van der Waals surface area contributed by atoms with Crippen LogP contribution in [0.3, 0.4) is 0 Å². The van der Waals surface area contributed by atoms with Gasteiger partial charge >= 0.3 is 0 Å². The molecule has 1 atom stereocenters. The van der Waals surface area contributed by atoms with Gasteiger partial charge in [-0.15, -0.1) is 0 Å². The summed E-state index contributed by atoms with van der Waals surface area (Å²) < 4.78 is 0. The van der Waals surface area contributed by atoms with E-state index in [2.05, 4.69) is 69.2 Å². The van der Waals surface area contributed by atoms with Gasteiger partial charge in [-0.2, -0.15) is 0 Å². The van der Waals surface area contributed by atoms with Crippen molar-refractivity contribution in [2.24, 2.45) is 0 Å². The van der Waals surface area contributed by atoms with Crippen LogP contribution in [-0.4, -0.2) is 31.1 Å². The number of hydrogen-bond acceptors (Lipinski definition) is 2. The number of benzene rings is 1. The lowest BCUT2D eigenvalue weighted by Gasteiger charge is -2.32. The molecule has 0 bridgehead atoms. The van der Waals surface area contributed by atoms with Gasteiger partial charge in [-0.1, -0.05) is 45.0 Å². The van der Waals surface area contributed by atoms with Crippen LogP contribution in [0.25, 0.3) is 0 Å². The Morgan fingerprint density at radius 1 is 1.10 bits per heavy atom. The molecule has 1 aromatic rings. The highest BCUT2D eigenvalue weighted by Crippen LogP contribution is 2.24. The molecule has 2 heteroatoms. The minimum Gasteiger partial charge on any atom is -0.307 e. The maximum absolute atomic E-state index is 3.79. The van der Waals surface area contributed by atoms with Crippen LogP contribution in [0.1, 0.15) is 57.7 Å². The normalized spacial score (nSPS) is 20.1. The van der Waals surface area contributed by atoms with Gasteiger partial charge in [0.25, 0.3) is 0 Å². The summed E-state index contributed by atoms with van der Waals surface area (Å²) in [6.07, 6.45) is 2.53. The Morgan fingerprint density at radius 2 is 1.65 bits per heavy atom. The van der Waals surface area contributed by atoms with Gasteiger partial charge in [-0.05, 0) is 56.4 Å². The van der Waals surface area contributed by atoms with E-state index in [0.717, 1.165) is 0 Å². The van der Waals surface area contributed by atoms with Gasteiger partial charge in [0.2, 0.25) is 0 Å². The number of nitrogens with zero attached hydrogens (tertiary/aromatic N) is 1. The second-order valence-electron chi connectivity index (χ2n) is 7.34.